The number of nitrogens with one attached hydrogen (secondary N) is 2. The maximum absolute atomic E-state index is 12.4. The number of nitrogens with zero attached hydrogens (tertiary/aromatic N) is 1. The smallest absolute Gasteiger partial charge is 0.229 e. The molecule has 0 saturated carbocycles. The normalized spacial score (nSPS) is 21.6. The maximum Gasteiger partial charge on any atom is 0.229 e. The first-order chi connectivity index (χ1) is 10.0. The maximum atomic E-state index is 12.4. The lowest BCUT2D eigenvalue weighted by Gasteiger charge is -2.17. The van der Waals surface area contributed by atoms with Crippen molar-refractivity contribution in [3.05, 3.63) is 23.8 Å². The molecule has 1 aliphatic heterocycles. The van der Waals surface area contributed by atoms with Crippen LogP contribution in [0, 0.1) is 11.8 Å². The number of ether oxygens (including phenoxy) is 1. The standard InChI is InChI=1S/C16H25N3O2/c1-11-8-17-9-13(11)16(20)18-14-7-12(10-19(2)3)5-6-15(14)21-4/h5-7,11,13,17H,8-10H2,1-4H3,(H,18,20). The molecule has 21 heavy (non-hydrogen) atoms. The van der Waals surface area contributed by atoms with Gasteiger partial charge in [-0.15, -0.1) is 0 Å². The van der Waals surface area contributed by atoms with Crippen molar-refractivity contribution in [3.63, 3.8) is 0 Å². The van der Waals surface area contributed by atoms with Crippen LogP contribution < -0.4 is 15.4 Å². The third kappa shape index (κ3) is 3.95. The lowest BCUT2D eigenvalue weighted by atomic mass is 9.97. The molecule has 1 aromatic carbocycles. The van der Waals surface area contributed by atoms with E-state index in [1.54, 1.807) is 7.11 Å². The fourth-order valence-electron chi connectivity index (χ4n) is 2.70. The van der Waals surface area contributed by atoms with Gasteiger partial charge in [0.15, 0.2) is 0 Å². The van der Waals surface area contributed by atoms with Gasteiger partial charge in [-0.3, -0.25) is 4.79 Å². The molecule has 2 N–H and O–H groups in total. The molecule has 1 saturated heterocycles. The summed E-state index contributed by atoms with van der Waals surface area (Å²) in [6.45, 7) is 4.57. The minimum atomic E-state index is 0.0206. The molecular weight excluding hydrogens is 266 g/mol. The molecule has 1 fully saturated rings. The van der Waals surface area contributed by atoms with E-state index >= 15 is 0 Å². The van der Waals surface area contributed by atoms with E-state index in [9.17, 15) is 4.79 Å². The quantitative estimate of drug-likeness (QED) is 0.864. The summed E-state index contributed by atoms with van der Waals surface area (Å²) in [5, 5.41) is 6.28. The number of rotatable bonds is 5. The van der Waals surface area contributed by atoms with Crippen molar-refractivity contribution in [1.29, 1.82) is 0 Å². The van der Waals surface area contributed by atoms with Crippen molar-refractivity contribution in [2.75, 3.05) is 39.6 Å². The summed E-state index contributed by atoms with van der Waals surface area (Å²) in [6.07, 6.45) is 0. The van der Waals surface area contributed by atoms with Gasteiger partial charge in [0.2, 0.25) is 5.91 Å². The van der Waals surface area contributed by atoms with E-state index in [0.29, 0.717) is 11.7 Å². The van der Waals surface area contributed by atoms with Crippen molar-refractivity contribution in [2.45, 2.75) is 13.5 Å². The van der Waals surface area contributed by atoms with Gasteiger partial charge in [-0.05, 0) is 44.3 Å². The zero-order valence-electron chi connectivity index (χ0n) is 13.3. The highest BCUT2D eigenvalue weighted by molar-refractivity contribution is 5.94. The van der Waals surface area contributed by atoms with Crippen LogP contribution in [0.3, 0.4) is 0 Å². The molecule has 5 heteroatoms. The monoisotopic (exact) mass is 291 g/mol. The number of hydrogen-bond donors (Lipinski definition) is 2. The highest BCUT2D eigenvalue weighted by atomic mass is 16.5. The molecule has 2 unspecified atom stereocenters. The van der Waals surface area contributed by atoms with E-state index < -0.39 is 0 Å². The second-order valence-electron chi connectivity index (χ2n) is 6.00. The van der Waals surface area contributed by atoms with Crippen molar-refractivity contribution < 1.29 is 9.53 Å². The van der Waals surface area contributed by atoms with Crippen molar-refractivity contribution in [3.8, 4) is 5.75 Å². The Kier molecular flexibility index (Phi) is 5.20. The molecule has 5 nitrogen and oxygen atoms in total. The molecule has 0 aromatic heterocycles. The fraction of sp³-hybridized carbons (Fsp3) is 0.562. The molecule has 1 aromatic rings. The number of anilines is 1. The molecule has 2 rings (SSSR count). The summed E-state index contributed by atoms with van der Waals surface area (Å²) >= 11 is 0. The van der Waals surface area contributed by atoms with Gasteiger partial charge in [0, 0.05) is 13.1 Å². The van der Waals surface area contributed by atoms with Crippen LogP contribution in [0.4, 0.5) is 5.69 Å². The Morgan fingerprint density at radius 2 is 2.19 bits per heavy atom. The van der Waals surface area contributed by atoms with Gasteiger partial charge in [0.05, 0.1) is 18.7 Å². The molecule has 0 spiro atoms. The largest absolute Gasteiger partial charge is 0.495 e. The van der Waals surface area contributed by atoms with Crippen LogP contribution in [-0.4, -0.2) is 45.1 Å². The minimum absolute atomic E-state index is 0.0206. The fourth-order valence-corrected chi connectivity index (χ4v) is 2.70. The summed E-state index contributed by atoms with van der Waals surface area (Å²) in [5.41, 5.74) is 1.90. The predicted molar refractivity (Wildman–Crippen MR) is 84.5 cm³/mol. The van der Waals surface area contributed by atoms with Crippen molar-refractivity contribution >= 4 is 11.6 Å². The third-order valence-electron chi connectivity index (χ3n) is 3.87. The Hall–Kier alpha value is -1.59. The first-order valence-corrected chi connectivity index (χ1v) is 7.34. The Bertz CT molecular complexity index is 502. The van der Waals surface area contributed by atoms with Crippen LogP contribution in [0.2, 0.25) is 0 Å². The second kappa shape index (κ2) is 6.91. The number of carbonyl (C=O) groups is 1. The van der Waals surface area contributed by atoms with Crippen LogP contribution in [0.25, 0.3) is 0 Å². The lowest BCUT2D eigenvalue weighted by Crippen LogP contribution is -2.28. The summed E-state index contributed by atoms with van der Waals surface area (Å²) in [6, 6.07) is 5.92. The van der Waals surface area contributed by atoms with Crippen LogP contribution in [0.15, 0.2) is 18.2 Å². The first kappa shape index (κ1) is 15.8. The number of benzene rings is 1. The van der Waals surface area contributed by atoms with E-state index in [-0.39, 0.29) is 11.8 Å². The van der Waals surface area contributed by atoms with E-state index in [2.05, 4.69) is 22.5 Å². The van der Waals surface area contributed by atoms with Crippen LogP contribution >= 0.6 is 0 Å². The number of hydrogen-bond acceptors (Lipinski definition) is 4. The van der Waals surface area contributed by atoms with Gasteiger partial charge in [0.25, 0.3) is 0 Å². The molecule has 116 valence electrons. The molecule has 0 aliphatic carbocycles. The molecule has 1 heterocycles. The minimum Gasteiger partial charge on any atom is -0.495 e. The Labute approximate surface area is 126 Å². The molecular formula is C16H25N3O2. The van der Waals surface area contributed by atoms with Crippen molar-refractivity contribution in [1.82, 2.24) is 10.2 Å². The summed E-state index contributed by atoms with van der Waals surface area (Å²) in [4.78, 5) is 14.5. The Balaban J connectivity index is 2.14. The van der Waals surface area contributed by atoms with E-state index in [0.717, 1.165) is 30.9 Å². The number of amides is 1. The number of methoxy groups -OCH3 is 1. The number of carbonyl (C=O) groups excluding carboxylic acids is 1. The zero-order chi connectivity index (χ0) is 15.4. The van der Waals surface area contributed by atoms with Gasteiger partial charge in [0.1, 0.15) is 5.75 Å². The van der Waals surface area contributed by atoms with Gasteiger partial charge in [-0.2, -0.15) is 0 Å². The van der Waals surface area contributed by atoms with Crippen LogP contribution in [0.5, 0.6) is 5.75 Å². The average molecular weight is 291 g/mol. The molecule has 1 aliphatic rings. The lowest BCUT2D eigenvalue weighted by molar-refractivity contribution is -0.120. The topological polar surface area (TPSA) is 53.6 Å². The second-order valence-corrected chi connectivity index (χ2v) is 6.00. The Morgan fingerprint density at radius 3 is 2.76 bits per heavy atom. The van der Waals surface area contributed by atoms with Crippen LogP contribution in [0.1, 0.15) is 12.5 Å². The molecule has 1 amide bonds. The highest BCUT2D eigenvalue weighted by Crippen LogP contribution is 2.27. The zero-order valence-corrected chi connectivity index (χ0v) is 13.3. The Morgan fingerprint density at radius 1 is 1.43 bits per heavy atom. The SMILES string of the molecule is COc1ccc(CN(C)C)cc1NC(=O)C1CNCC1C. The summed E-state index contributed by atoms with van der Waals surface area (Å²) in [7, 11) is 5.67. The van der Waals surface area contributed by atoms with Crippen molar-refractivity contribution in [2.24, 2.45) is 11.8 Å². The average Bonchev–Trinajstić information content (AvgIpc) is 2.84. The predicted octanol–water partition coefficient (Wildman–Crippen LogP) is 1.55. The molecule has 0 bridgehead atoms. The third-order valence-corrected chi connectivity index (χ3v) is 3.87. The molecule has 0 radical (unpaired) electrons. The van der Waals surface area contributed by atoms with E-state index in [1.807, 2.05) is 32.3 Å². The summed E-state index contributed by atoms with van der Waals surface area (Å²) < 4.78 is 5.35. The van der Waals surface area contributed by atoms with Crippen LogP contribution in [-0.2, 0) is 11.3 Å². The molecule has 2 atom stereocenters. The van der Waals surface area contributed by atoms with E-state index in [4.69, 9.17) is 4.74 Å². The van der Waals surface area contributed by atoms with Gasteiger partial charge in [-0.1, -0.05) is 13.0 Å². The van der Waals surface area contributed by atoms with Gasteiger partial charge in [-0.25, -0.2) is 0 Å². The van der Waals surface area contributed by atoms with Gasteiger partial charge >= 0.3 is 0 Å². The first-order valence-electron chi connectivity index (χ1n) is 7.34. The highest BCUT2D eigenvalue weighted by Gasteiger charge is 2.29. The van der Waals surface area contributed by atoms with Gasteiger partial charge < -0.3 is 20.3 Å². The summed E-state index contributed by atoms with van der Waals surface area (Å²) in [5.74, 6) is 1.14. The van der Waals surface area contributed by atoms with E-state index in [1.165, 1.54) is 0 Å².